The Morgan fingerprint density at radius 3 is 2.46 bits per heavy atom. The predicted octanol–water partition coefficient (Wildman–Crippen LogP) is 4.40. The van der Waals surface area contributed by atoms with Crippen LogP contribution in [0.2, 0.25) is 0 Å². The number of rotatable bonds is 5. The molecule has 0 amide bonds. The lowest BCUT2D eigenvalue weighted by atomic mass is 9.79. The molecule has 2 atom stereocenters. The molecule has 1 aliphatic rings. The summed E-state index contributed by atoms with van der Waals surface area (Å²) in [5, 5.41) is 11.4. The summed E-state index contributed by atoms with van der Waals surface area (Å²) in [4.78, 5) is 2.32. The normalized spacial score (nSPS) is 22.5. The fourth-order valence-corrected chi connectivity index (χ4v) is 3.76. The Morgan fingerprint density at radius 2 is 1.77 bits per heavy atom. The van der Waals surface area contributed by atoms with Gasteiger partial charge in [-0.3, -0.25) is 4.90 Å². The monoisotopic (exact) mass is 345 g/mol. The van der Waals surface area contributed by atoms with Gasteiger partial charge in [-0.2, -0.15) is 0 Å². The molecule has 2 aromatic carbocycles. The third kappa shape index (κ3) is 4.64. The van der Waals surface area contributed by atoms with E-state index in [9.17, 15) is 5.11 Å². The van der Waals surface area contributed by atoms with E-state index in [1.165, 1.54) is 5.56 Å². The van der Waals surface area contributed by atoms with Crippen molar-refractivity contribution in [2.24, 2.45) is 0 Å². The van der Waals surface area contributed by atoms with Gasteiger partial charge in [0.05, 0.1) is 6.04 Å². The third-order valence-electron chi connectivity index (χ3n) is 5.07. The van der Waals surface area contributed by atoms with Crippen molar-refractivity contribution in [1.82, 2.24) is 4.90 Å². The summed E-state index contributed by atoms with van der Waals surface area (Å²) in [6.45, 7) is 5.46. The van der Waals surface area contributed by atoms with Gasteiger partial charge in [0.15, 0.2) is 0 Å². The van der Waals surface area contributed by atoms with E-state index in [4.69, 9.17) is 0 Å². The Bertz CT molecular complexity index is 759. The Labute approximate surface area is 157 Å². The molecule has 0 radical (unpaired) electrons. The van der Waals surface area contributed by atoms with Gasteiger partial charge in [-0.25, -0.2) is 0 Å². The van der Waals surface area contributed by atoms with Crippen LogP contribution in [-0.2, 0) is 6.54 Å². The second-order valence-corrected chi connectivity index (χ2v) is 7.01. The summed E-state index contributed by atoms with van der Waals surface area (Å²) in [5.41, 5.74) is 1.22. The van der Waals surface area contributed by atoms with E-state index in [0.29, 0.717) is 0 Å². The molecule has 0 spiro atoms. The highest BCUT2D eigenvalue weighted by Gasteiger charge is 2.40. The van der Waals surface area contributed by atoms with Gasteiger partial charge >= 0.3 is 0 Å². The van der Waals surface area contributed by atoms with E-state index in [0.717, 1.165) is 44.3 Å². The zero-order valence-electron chi connectivity index (χ0n) is 15.3. The van der Waals surface area contributed by atoms with Crippen molar-refractivity contribution < 1.29 is 5.11 Å². The minimum Gasteiger partial charge on any atom is -0.376 e. The SMILES string of the molecule is C=CCN(Cc1ccccc1)[C@H]1CCCC[C@@]1(O)C#Cc1ccccc1. The number of aliphatic hydroxyl groups is 1. The first-order valence-corrected chi connectivity index (χ1v) is 9.41. The predicted molar refractivity (Wildman–Crippen MR) is 108 cm³/mol. The summed E-state index contributed by atoms with van der Waals surface area (Å²) in [7, 11) is 0. The van der Waals surface area contributed by atoms with Gasteiger partial charge in [0.2, 0.25) is 0 Å². The topological polar surface area (TPSA) is 23.5 Å². The van der Waals surface area contributed by atoms with Crippen LogP contribution >= 0.6 is 0 Å². The van der Waals surface area contributed by atoms with E-state index in [-0.39, 0.29) is 6.04 Å². The summed E-state index contributed by atoms with van der Waals surface area (Å²) in [6, 6.07) is 20.3. The minimum atomic E-state index is -0.980. The number of nitrogens with zero attached hydrogens (tertiary/aromatic N) is 1. The lowest BCUT2D eigenvalue weighted by Gasteiger charge is -2.43. The smallest absolute Gasteiger partial charge is 0.141 e. The Kier molecular flexibility index (Phi) is 6.28. The van der Waals surface area contributed by atoms with Gasteiger partial charge in [0.25, 0.3) is 0 Å². The molecule has 1 saturated carbocycles. The first-order valence-electron chi connectivity index (χ1n) is 9.41. The lowest BCUT2D eigenvalue weighted by Crippen LogP contribution is -2.53. The molecule has 26 heavy (non-hydrogen) atoms. The molecular weight excluding hydrogens is 318 g/mol. The molecule has 1 fully saturated rings. The van der Waals surface area contributed by atoms with Gasteiger partial charge < -0.3 is 5.11 Å². The van der Waals surface area contributed by atoms with E-state index in [1.807, 2.05) is 42.5 Å². The van der Waals surface area contributed by atoms with Crippen molar-refractivity contribution in [3.8, 4) is 11.8 Å². The third-order valence-corrected chi connectivity index (χ3v) is 5.07. The van der Waals surface area contributed by atoms with Crippen molar-refractivity contribution in [3.63, 3.8) is 0 Å². The molecule has 2 aromatic rings. The average Bonchev–Trinajstić information content (AvgIpc) is 2.68. The maximum Gasteiger partial charge on any atom is 0.141 e. The van der Waals surface area contributed by atoms with Gasteiger partial charge in [-0.05, 0) is 37.0 Å². The molecule has 0 heterocycles. The zero-order valence-corrected chi connectivity index (χ0v) is 15.3. The second kappa shape index (κ2) is 8.85. The summed E-state index contributed by atoms with van der Waals surface area (Å²) in [5.74, 6) is 6.41. The van der Waals surface area contributed by atoms with Crippen LogP contribution in [0.15, 0.2) is 73.3 Å². The van der Waals surface area contributed by atoms with Gasteiger partial charge in [0.1, 0.15) is 5.60 Å². The molecule has 3 rings (SSSR count). The van der Waals surface area contributed by atoms with Crippen molar-refractivity contribution in [2.75, 3.05) is 6.54 Å². The quantitative estimate of drug-likeness (QED) is 0.641. The van der Waals surface area contributed by atoms with Crippen LogP contribution in [0.4, 0.5) is 0 Å². The van der Waals surface area contributed by atoms with Crippen LogP contribution in [0, 0.1) is 11.8 Å². The second-order valence-electron chi connectivity index (χ2n) is 7.01. The molecule has 0 bridgehead atoms. The fraction of sp³-hybridized carbons (Fsp3) is 0.333. The highest BCUT2D eigenvalue weighted by atomic mass is 16.3. The van der Waals surface area contributed by atoms with Gasteiger partial charge in [-0.15, -0.1) is 6.58 Å². The molecule has 0 saturated heterocycles. The van der Waals surface area contributed by atoms with Crippen molar-refractivity contribution in [2.45, 2.75) is 43.9 Å². The highest BCUT2D eigenvalue weighted by Crippen LogP contribution is 2.33. The molecule has 1 N–H and O–H groups in total. The van der Waals surface area contributed by atoms with Crippen LogP contribution in [0.25, 0.3) is 0 Å². The van der Waals surface area contributed by atoms with E-state index >= 15 is 0 Å². The average molecular weight is 345 g/mol. The summed E-state index contributed by atoms with van der Waals surface area (Å²) >= 11 is 0. The van der Waals surface area contributed by atoms with Crippen LogP contribution in [0.3, 0.4) is 0 Å². The summed E-state index contributed by atoms with van der Waals surface area (Å²) < 4.78 is 0. The van der Waals surface area contributed by atoms with Crippen molar-refractivity contribution >= 4 is 0 Å². The molecule has 134 valence electrons. The summed E-state index contributed by atoms with van der Waals surface area (Å²) in [6.07, 6.45) is 5.75. The first-order chi connectivity index (χ1) is 12.7. The van der Waals surface area contributed by atoms with Gasteiger partial charge in [-0.1, -0.05) is 72.9 Å². The van der Waals surface area contributed by atoms with Crippen molar-refractivity contribution in [1.29, 1.82) is 0 Å². The molecule has 0 aromatic heterocycles. The van der Waals surface area contributed by atoms with Gasteiger partial charge in [0, 0.05) is 18.7 Å². The van der Waals surface area contributed by atoms with E-state index in [1.54, 1.807) is 0 Å². The Hall–Kier alpha value is -2.34. The Balaban J connectivity index is 1.85. The lowest BCUT2D eigenvalue weighted by molar-refractivity contribution is -0.0303. The molecule has 0 aliphatic heterocycles. The fourth-order valence-electron chi connectivity index (χ4n) is 3.76. The largest absolute Gasteiger partial charge is 0.376 e. The minimum absolute atomic E-state index is 0.0191. The van der Waals surface area contributed by atoms with E-state index in [2.05, 4.69) is 47.6 Å². The molecule has 2 heteroatoms. The number of hydrogen-bond donors (Lipinski definition) is 1. The highest BCUT2D eigenvalue weighted by molar-refractivity contribution is 5.37. The van der Waals surface area contributed by atoms with Crippen LogP contribution < -0.4 is 0 Å². The molecule has 1 aliphatic carbocycles. The zero-order chi connectivity index (χ0) is 18.2. The number of hydrogen-bond acceptors (Lipinski definition) is 2. The van der Waals surface area contributed by atoms with Crippen LogP contribution in [0.5, 0.6) is 0 Å². The molecule has 0 unspecified atom stereocenters. The van der Waals surface area contributed by atoms with Crippen LogP contribution in [0.1, 0.15) is 36.8 Å². The van der Waals surface area contributed by atoms with E-state index < -0.39 is 5.60 Å². The first kappa shape index (κ1) is 18.5. The Morgan fingerprint density at radius 1 is 1.08 bits per heavy atom. The number of benzene rings is 2. The maximum absolute atomic E-state index is 11.4. The van der Waals surface area contributed by atoms with Crippen molar-refractivity contribution in [3.05, 3.63) is 84.4 Å². The maximum atomic E-state index is 11.4. The molecular formula is C24H27NO. The molecule has 2 nitrogen and oxygen atoms in total. The standard InChI is InChI=1S/C24H27NO/c1-2-19-25(20-22-13-7-4-8-14-22)23-15-9-10-17-24(23,26)18-16-21-11-5-3-6-12-21/h2-8,11-14,23,26H,1,9-10,15,17,19-20H2/t23-,24+/m0/s1. The van der Waals surface area contributed by atoms with Crippen LogP contribution in [-0.4, -0.2) is 28.2 Å².